The average Bonchev–Trinajstić information content (AvgIpc) is 2.54. The predicted molar refractivity (Wildman–Crippen MR) is 92.0 cm³/mol. The Kier molecular flexibility index (Phi) is 6.49. The summed E-state index contributed by atoms with van der Waals surface area (Å²) >= 11 is 1.74. The van der Waals surface area contributed by atoms with Crippen LogP contribution in [0.4, 0.5) is 0 Å². The zero-order valence-electron chi connectivity index (χ0n) is 13.1. The maximum atomic E-state index is 12.0. The van der Waals surface area contributed by atoms with Crippen molar-refractivity contribution >= 4 is 17.7 Å². The number of carbonyl (C=O) groups excluding carboxylic acids is 1. The maximum absolute atomic E-state index is 12.0. The Hall–Kier alpha value is -1.78. The number of hydrogen-bond donors (Lipinski definition) is 2. The fourth-order valence-electron chi connectivity index (χ4n) is 2.29. The van der Waals surface area contributed by atoms with Gasteiger partial charge in [-0.3, -0.25) is 4.79 Å². The van der Waals surface area contributed by atoms with E-state index in [1.54, 1.807) is 11.8 Å². The molecule has 22 heavy (non-hydrogen) atoms. The zero-order valence-corrected chi connectivity index (χ0v) is 14.0. The summed E-state index contributed by atoms with van der Waals surface area (Å²) in [5.41, 5.74) is 2.38. The number of hydrogen-bond acceptors (Lipinski definition) is 2. The van der Waals surface area contributed by atoms with Gasteiger partial charge in [0.2, 0.25) is 0 Å². The van der Waals surface area contributed by atoms with E-state index in [0.29, 0.717) is 13.1 Å². The summed E-state index contributed by atoms with van der Waals surface area (Å²) in [6.07, 6.45) is 2.07. The molecule has 0 aliphatic rings. The van der Waals surface area contributed by atoms with E-state index in [-0.39, 0.29) is 5.91 Å². The molecule has 4 heteroatoms. The smallest absolute Gasteiger partial charge is 0.275 e. The van der Waals surface area contributed by atoms with E-state index >= 15 is 0 Å². The highest BCUT2D eigenvalue weighted by Crippen LogP contribution is 2.14. The van der Waals surface area contributed by atoms with Crippen molar-refractivity contribution in [1.29, 1.82) is 0 Å². The molecule has 2 aromatic rings. The molecule has 0 heterocycles. The molecule has 0 aliphatic heterocycles. The SMILES string of the molecule is CSc1ccc(C[NH+](C)CC(=O)NCc2ccccc2)cc1. The van der Waals surface area contributed by atoms with Crippen LogP contribution in [0.15, 0.2) is 59.5 Å². The van der Waals surface area contributed by atoms with Crippen LogP contribution in [0, 0.1) is 0 Å². The lowest BCUT2D eigenvalue weighted by atomic mass is 10.2. The number of nitrogens with one attached hydrogen (secondary N) is 2. The van der Waals surface area contributed by atoms with E-state index in [2.05, 4.69) is 35.8 Å². The van der Waals surface area contributed by atoms with E-state index in [9.17, 15) is 4.79 Å². The Balaban J connectivity index is 1.75. The number of thioether (sulfide) groups is 1. The van der Waals surface area contributed by atoms with Crippen molar-refractivity contribution in [2.45, 2.75) is 18.0 Å². The molecule has 0 aliphatic carbocycles. The Morgan fingerprint density at radius 1 is 1.05 bits per heavy atom. The van der Waals surface area contributed by atoms with Gasteiger partial charge >= 0.3 is 0 Å². The molecule has 2 rings (SSSR count). The standard InChI is InChI=1S/C18H22N2OS/c1-20(13-16-8-10-17(22-2)11-9-16)14-18(21)19-12-15-6-4-3-5-7-15/h3-11H,12-14H2,1-2H3,(H,19,21)/p+1. The van der Waals surface area contributed by atoms with Crippen molar-refractivity contribution in [1.82, 2.24) is 5.32 Å². The van der Waals surface area contributed by atoms with Gasteiger partial charge in [0.1, 0.15) is 6.54 Å². The van der Waals surface area contributed by atoms with E-state index in [1.165, 1.54) is 15.4 Å². The number of rotatable bonds is 7. The van der Waals surface area contributed by atoms with Gasteiger partial charge in [-0.25, -0.2) is 0 Å². The van der Waals surface area contributed by atoms with Gasteiger partial charge < -0.3 is 10.2 Å². The maximum Gasteiger partial charge on any atom is 0.275 e. The van der Waals surface area contributed by atoms with Gasteiger partial charge in [-0.1, -0.05) is 42.5 Å². The van der Waals surface area contributed by atoms with Crippen molar-refractivity contribution in [2.24, 2.45) is 0 Å². The zero-order chi connectivity index (χ0) is 15.8. The fraction of sp³-hybridized carbons (Fsp3) is 0.278. The molecule has 1 amide bonds. The van der Waals surface area contributed by atoms with Crippen LogP contribution in [-0.4, -0.2) is 25.8 Å². The van der Waals surface area contributed by atoms with Crippen molar-refractivity contribution in [3.8, 4) is 0 Å². The van der Waals surface area contributed by atoms with Crippen LogP contribution in [0.3, 0.4) is 0 Å². The molecule has 1 unspecified atom stereocenters. The van der Waals surface area contributed by atoms with Gasteiger partial charge in [0.05, 0.1) is 7.05 Å². The van der Waals surface area contributed by atoms with Crippen molar-refractivity contribution in [3.05, 3.63) is 65.7 Å². The third-order valence-corrected chi connectivity index (χ3v) is 4.20. The van der Waals surface area contributed by atoms with E-state index in [0.717, 1.165) is 12.1 Å². The Morgan fingerprint density at radius 3 is 2.36 bits per heavy atom. The molecule has 0 spiro atoms. The number of amides is 1. The highest BCUT2D eigenvalue weighted by Gasteiger charge is 2.10. The van der Waals surface area contributed by atoms with Crippen LogP contribution in [0.1, 0.15) is 11.1 Å². The normalized spacial score (nSPS) is 11.9. The van der Waals surface area contributed by atoms with Crippen LogP contribution in [0.2, 0.25) is 0 Å². The summed E-state index contributed by atoms with van der Waals surface area (Å²) in [5, 5.41) is 2.97. The second-order valence-corrected chi connectivity index (χ2v) is 6.30. The Bertz CT molecular complexity index is 584. The molecule has 0 saturated heterocycles. The minimum absolute atomic E-state index is 0.0853. The van der Waals surface area contributed by atoms with Gasteiger partial charge in [0.15, 0.2) is 6.54 Å². The molecule has 3 nitrogen and oxygen atoms in total. The molecular weight excluding hydrogens is 292 g/mol. The monoisotopic (exact) mass is 315 g/mol. The van der Waals surface area contributed by atoms with Gasteiger partial charge in [-0.2, -0.15) is 0 Å². The molecule has 0 bridgehead atoms. The number of benzene rings is 2. The van der Waals surface area contributed by atoms with Gasteiger partial charge in [0, 0.05) is 17.0 Å². The number of quaternary nitrogens is 1. The van der Waals surface area contributed by atoms with Gasteiger partial charge in [-0.05, 0) is 24.0 Å². The lowest BCUT2D eigenvalue weighted by Gasteiger charge is -2.14. The van der Waals surface area contributed by atoms with E-state index < -0.39 is 0 Å². The largest absolute Gasteiger partial charge is 0.347 e. The van der Waals surface area contributed by atoms with Crippen LogP contribution >= 0.6 is 11.8 Å². The molecule has 0 saturated carbocycles. The first-order chi connectivity index (χ1) is 10.7. The number of likely N-dealkylation sites (N-methyl/N-ethyl adjacent to an activating group) is 1. The summed E-state index contributed by atoms with van der Waals surface area (Å²) in [7, 11) is 2.05. The van der Waals surface area contributed by atoms with Crippen LogP contribution in [-0.2, 0) is 17.9 Å². The van der Waals surface area contributed by atoms with Gasteiger partial charge in [0.25, 0.3) is 5.91 Å². The molecule has 0 aromatic heterocycles. The van der Waals surface area contributed by atoms with Gasteiger partial charge in [-0.15, -0.1) is 11.8 Å². The first-order valence-electron chi connectivity index (χ1n) is 7.42. The van der Waals surface area contributed by atoms with Crippen LogP contribution in [0.5, 0.6) is 0 Å². The predicted octanol–water partition coefficient (Wildman–Crippen LogP) is 1.74. The second-order valence-electron chi connectivity index (χ2n) is 5.42. The van der Waals surface area contributed by atoms with Crippen molar-refractivity contribution < 1.29 is 9.69 Å². The molecule has 0 fully saturated rings. The summed E-state index contributed by atoms with van der Waals surface area (Å²) in [4.78, 5) is 14.4. The molecule has 0 radical (unpaired) electrons. The summed E-state index contributed by atoms with van der Waals surface area (Å²) in [6, 6.07) is 18.5. The highest BCUT2D eigenvalue weighted by molar-refractivity contribution is 7.98. The molecule has 116 valence electrons. The molecular formula is C18H23N2OS+. The first-order valence-corrected chi connectivity index (χ1v) is 8.64. The lowest BCUT2D eigenvalue weighted by molar-refractivity contribution is -0.885. The first kappa shape index (κ1) is 16.6. The van der Waals surface area contributed by atoms with Crippen LogP contribution < -0.4 is 10.2 Å². The molecule has 1 atom stereocenters. The summed E-state index contributed by atoms with van der Waals surface area (Å²) < 4.78 is 0. The summed E-state index contributed by atoms with van der Waals surface area (Å²) in [5.74, 6) is 0.0853. The Labute approximate surface area is 136 Å². The Morgan fingerprint density at radius 2 is 1.73 bits per heavy atom. The summed E-state index contributed by atoms with van der Waals surface area (Å²) in [6.45, 7) is 1.93. The van der Waals surface area contributed by atoms with Crippen molar-refractivity contribution in [3.63, 3.8) is 0 Å². The minimum Gasteiger partial charge on any atom is -0.347 e. The topological polar surface area (TPSA) is 33.5 Å². The minimum atomic E-state index is 0.0853. The third-order valence-electron chi connectivity index (χ3n) is 3.46. The molecule has 2 aromatic carbocycles. The van der Waals surface area contributed by atoms with E-state index in [4.69, 9.17) is 0 Å². The second kappa shape index (κ2) is 8.61. The fourth-order valence-corrected chi connectivity index (χ4v) is 2.70. The quantitative estimate of drug-likeness (QED) is 0.763. The lowest BCUT2D eigenvalue weighted by Crippen LogP contribution is -3.08. The third kappa shape index (κ3) is 5.54. The van der Waals surface area contributed by atoms with Crippen molar-refractivity contribution in [2.75, 3.05) is 19.8 Å². The van der Waals surface area contributed by atoms with E-state index in [1.807, 2.05) is 37.4 Å². The number of carbonyl (C=O) groups is 1. The molecule has 2 N–H and O–H groups in total. The highest BCUT2D eigenvalue weighted by atomic mass is 32.2. The average molecular weight is 315 g/mol. The van der Waals surface area contributed by atoms with Crippen LogP contribution in [0.25, 0.3) is 0 Å².